The minimum atomic E-state index is -0.767. The molecule has 0 spiro atoms. The second-order valence-corrected chi connectivity index (χ2v) is 6.61. The molecule has 0 aliphatic carbocycles. The van der Waals surface area contributed by atoms with Crippen molar-refractivity contribution in [1.29, 1.82) is 0 Å². The highest BCUT2D eigenvalue weighted by Crippen LogP contribution is 2.19. The highest BCUT2D eigenvalue weighted by atomic mass is 16.5. The van der Waals surface area contributed by atoms with Crippen LogP contribution in [0.5, 0.6) is 5.75 Å². The molecule has 0 bridgehead atoms. The molecule has 1 atom stereocenters. The Balaban J connectivity index is 1.77. The summed E-state index contributed by atoms with van der Waals surface area (Å²) in [5.41, 5.74) is 1.70. The zero-order chi connectivity index (χ0) is 20.3. The van der Waals surface area contributed by atoms with Gasteiger partial charge < -0.3 is 19.8 Å². The molecule has 3 N–H and O–H groups in total. The second-order valence-electron chi connectivity index (χ2n) is 6.61. The van der Waals surface area contributed by atoms with Gasteiger partial charge in [-0.2, -0.15) is 0 Å². The third-order valence-corrected chi connectivity index (χ3v) is 4.27. The fraction of sp³-hybridized carbons (Fsp3) is 0.250. The van der Waals surface area contributed by atoms with Crippen LogP contribution in [-0.4, -0.2) is 29.9 Å². The molecule has 1 heterocycles. The van der Waals surface area contributed by atoms with Gasteiger partial charge in [0.1, 0.15) is 11.8 Å². The number of oxazole rings is 1. The molecule has 0 saturated heterocycles. The number of hydrogen-bond acceptors (Lipinski definition) is 5. The molecule has 3 rings (SSSR count). The maximum Gasteiger partial charge on any atom is 0.417 e. The summed E-state index contributed by atoms with van der Waals surface area (Å²) in [6.45, 7) is 3.67. The van der Waals surface area contributed by atoms with Crippen LogP contribution in [0.2, 0.25) is 0 Å². The number of aromatic nitrogens is 1. The number of H-pyrrole nitrogens is 1. The first-order valence-corrected chi connectivity index (χ1v) is 8.76. The molecule has 2 amide bonds. The van der Waals surface area contributed by atoms with Gasteiger partial charge in [-0.25, -0.2) is 4.79 Å². The molecule has 2 aromatic carbocycles. The molecule has 0 saturated carbocycles. The number of amides is 2. The summed E-state index contributed by atoms with van der Waals surface area (Å²) in [5, 5.41) is 5.52. The van der Waals surface area contributed by atoms with Gasteiger partial charge in [0.05, 0.1) is 18.2 Å². The van der Waals surface area contributed by atoms with E-state index in [9.17, 15) is 14.4 Å². The third kappa shape index (κ3) is 4.06. The minimum Gasteiger partial charge on any atom is -0.496 e. The summed E-state index contributed by atoms with van der Waals surface area (Å²) in [5.74, 6) is -1.07. The lowest BCUT2D eigenvalue weighted by atomic mass is 10.0. The number of rotatable bonds is 6. The molecule has 0 radical (unpaired) electrons. The molecule has 1 aromatic heterocycles. The zero-order valence-corrected chi connectivity index (χ0v) is 15.7. The van der Waals surface area contributed by atoms with E-state index in [2.05, 4.69) is 15.6 Å². The van der Waals surface area contributed by atoms with Crippen LogP contribution in [0.15, 0.2) is 51.7 Å². The Labute approximate surface area is 160 Å². The van der Waals surface area contributed by atoms with Gasteiger partial charge in [0, 0.05) is 5.69 Å². The molecule has 8 heteroatoms. The maximum absolute atomic E-state index is 12.8. The predicted octanol–water partition coefficient (Wildman–Crippen LogP) is 2.52. The fourth-order valence-corrected chi connectivity index (χ4v) is 2.84. The largest absolute Gasteiger partial charge is 0.496 e. The first-order chi connectivity index (χ1) is 13.4. The number of benzene rings is 2. The molecule has 1 unspecified atom stereocenters. The van der Waals surface area contributed by atoms with E-state index >= 15 is 0 Å². The van der Waals surface area contributed by atoms with Crippen molar-refractivity contribution in [3.8, 4) is 5.75 Å². The summed E-state index contributed by atoms with van der Waals surface area (Å²) in [6, 6.07) is 10.8. The summed E-state index contributed by atoms with van der Waals surface area (Å²) >= 11 is 0. The van der Waals surface area contributed by atoms with E-state index in [1.165, 1.54) is 7.11 Å². The first-order valence-electron chi connectivity index (χ1n) is 8.76. The lowest BCUT2D eigenvalue weighted by Crippen LogP contribution is -2.47. The van der Waals surface area contributed by atoms with Gasteiger partial charge in [-0.1, -0.05) is 26.0 Å². The van der Waals surface area contributed by atoms with Gasteiger partial charge >= 0.3 is 5.76 Å². The number of hydrogen-bond donors (Lipinski definition) is 3. The Bertz CT molecular complexity index is 1070. The van der Waals surface area contributed by atoms with Gasteiger partial charge in [-0.05, 0) is 36.2 Å². The van der Waals surface area contributed by atoms with E-state index in [0.29, 0.717) is 28.1 Å². The average molecular weight is 383 g/mol. The number of fused-ring (bicyclic) bond motifs is 1. The number of nitrogens with one attached hydrogen (secondary N) is 3. The molecule has 28 heavy (non-hydrogen) atoms. The van der Waals surface area contributed by atoms with E-state index < -0.39 is 17.7 Å². The Hall–Kier alpha value is -3.55. The van der Waals surface area contributed by atoms with Crippen LogP contribution < -0.4 is 21.1 Å². The maximum atomic E-state index is 12.8. The summed E-state index contributed by atoms with van der Waals surface area (Å²) in [7, 11) is 1.48. The van der Waals surface area contributed by atoms with E-state index in [0.717, 1.165) is 0 Å². The quantitative estimate of drug-likeness (QED) is 0.605. The van der Waals surface area contributed by atoms with Crippen LogP contribution in [0.3, 0.4) is 0 Å². The number of anilines is 1. The normalized spacial score (nSPS) is 12.0. The van der Waals surface area contributed by atoms with Crippen molar-refractivity contribution >= 4 is 28.6 Å². The fourth-order valence-electron chi connectivity index (χ4n) is 2.84. The lowest BCUT2D eigenvalue weighted by Gasteiger charge is -2.22. The molecule has 146 valence electrons. The monoisotopic (exact) mass is 383 g/mol. The molecule has 3 aromatic rings. The summed E-state index contributed by atoms with van der Waals surface area (Å²) in [6.07, 6.45) is 0. The van der Waals surface area contributed by atoms with E-state index in [1.807, 2.05) is 13.8 Å². The minimum absolute atomic E-state index is 0.156. The van der Waals surface area contributed by atoms with Crippen molar-refractivity contribution in [2.24, 2.45) is 5.92 Å². The number of ether oxygens (including phenoxy) is 1. The molecule has 0 aliphatic heterocycles. The van der Waals surface area contributed by atoms with Gasteiger partial charge in [-0.15, -0.1) is 0 Å². The van der Waals surface area contributed by atoms with E-state index in [4.69, 9.17) is 9.15 Å². The highest BCUT2D eigenvalue weighted by Gasteiger charge is 2.26. The van der Waals surface area contributed by atoms with Crippen molar-refractivity contribution in [1.82, 2.24) is 10.3 Å². The van der Waals surface area contributed by atoms with Crippen molar-refractivity contribution < 1.29 is 18.7 Å². The van der Waals surface area contributed by atoms with Crippen molar-refractivity contribution in [3.63, 3.8) is 0 Å². The second kappa shape index (κ2) is 7.99. The molecular formula is C20H21N3O5. The summed E-state index contributed by atoms with van der Waals surface area (Å²) in [4.78, 5) is 39.2. The van der Waals surface area contributed by atoms with Crippen LogP contribution in [0.1, 0.15) is 24.2 Å². The van der Waals surface area contributed by atoms with Gasteiger partial charge in [0.15, 0.2) is 5.58 Å². The Morgan fingerprint density at radius 2 is 1.89 bits per heavy atom. The third-order valence-electron chi connectivity index (χ3n) is 4.27. The van der Waals surface area contributed by atoms with Gasteiger partial charge in [-0.3, -0.25) is 14.6 Å². The van der Waals surface area contributed by atoms with E-state index in [1.54, 1.807) is 42.5 Å². The van der Waals surface area contributed by atoms with Crippen LogP contribution in [0.25, 0.3) is 11.1 Å². The molecule has 0 fully saturated rings. The number of aromatic amines is 1. The van der Waals surface area contributed by atoms with Crippen LogP contribution in [0, 0.1) is 5.92 Å². The molecule has 8 nitrogen and oxygen atoms in total. The number of carbonyl (C=O) groups is 2. The average Bonchev–Trinajstić information content (AvgIpc) is 3.04. The standard InChI is InChI=1S/C20H21N3O5/c1-11(2)17(23-18(24)13-6-4-5-7-15(13)27-3)19(25)21-12-8-9-16-14(10-12)22-20(26)28-16/h4-11,17H,1-3H3,(H,21,25)(H,22,26)(H,23,24). The Morgan fingerprint density at radius 1 is 1.14 bits per heavy atom. The SMILES string of the molecule is COc1ccccc1C(=O)NC(C(=O)Nc1ccc2oc(=O)[nH]c2c1)C(C)C. The van der Waals surface area contributed by atoms with Gasteiger partial charge in [0.25, 0.3) is 5.91 Å². The number of methoxy groups -OCH3 is 1. The Kier molecular flexibility index (Phi) is 5.49. The van der Waals surface area contributed by atoms with Crippen molar-refractivity contribution in [2.75, 3.05) is 12.4 Å². The number of para-hydroxylation sites is 1. The first kappa shape index (κ1) is 19.2. The van der Waals surface area contributed by atoms with Crippen LogP contribution in [-0.2, 0) is 4.79 Å². The summed E-state index contributed by atoms with van der Waals surface area (Å²) < 4.78 is 10.2. The zero-order valence-electron chi connectivity index (χ0n) is 15.7. The molecular weight excluding hydrogens is 362 g/mol. The smallest absolute Gasteiger partial charge is 0.417 e. The van der Waals surface area contributed by atoms with Crippen LogP contribution in [0.4, 0.5) is 5.69 Å². The number of carbonyl (C=O) groups excluding carboxylic acids is 2. The highest BCUT2D eigenvalue weighted by molar-refractivity contribution is 6.03. The topological polar surface area (TPSA) is 113 Å². The lowest BCUT2D eigenvalue weighted by molar-refractivity contribution is -0.118. The van der Waals surface area contributed by atoms with Crippen molar-refractivity contribution in [2.45, 2.75) is 19.9 Å². The van der Waals surface area contributed by atoms with E-state index in [-0.39, 0.29) is 11.8 Å². The van der Waals surface area contributed by atoms with Gasteiger partial charge in [0.2, 0.25) is 5.91 Å². The predicted molar refractivity (Wildman–Crippen MR) is 105 cm³/mol. The Morgan fingerprint density at radius 3 is 2.61 bits per heavy atom. The molecule has 0 aliphatic rings. The van der Waals surface area contributed by atoms with Crippen molar-refractivity contribution in [3.05, 3.63) is 58.6 Å². The van der Waals surface area contributed by atoms with Crippen LogP contribution >= 0.6 is 0 Å².